The number of hydrogen-bond acceptors (Lipinski definition) is 3. The maximum Gasteiger partial charge on any atom is 0.224 e. The Kier molecular flexibility index (Phi) is 12.1. The van der Waals surface area contributed by atoms with Crippen LogP contribution in [0.2, 0.25) is 0 Å². The lowest BCUT2D eigenvalue weighted by Crippen LogP contribution is -2.36. The fraction of sp³-hybridized carbons (Fsp3) is 0.611. The van der Waals surface area contributed by atoms with Crippen LogP contribution in [0, 0.1) is 0 Å². The number of nitrogens with zero attached hydrogens (tertiary/aromatic N) is 1. The summed E-state index contributed by atoms with van der Waals surface area (Å²) in [6.45, 7) is 5.40. The second-order valence-corrected chi connectivity index (χ2v) is 6.27. The highest BCUT2D eigenvalue weighted by atomic mass is 35.5. The van der Waals surface area contributed by atoms with E-state index in [1.165, 1.54) is 31.4 Å². The third kappa shape index (κ3) is 7.84. The summed E-state index contributed by atoms with van der Waals surface area (Å²) in [5, 5.41) is 6.01. The van der Waals surface area contributed by atoms with Crippen molar-refractivity contribution in [1.82, 2.24) is 10.2 Å². The molecule has 6 heteroatoms. The van der Waals surface area contributed by atoms with Gasteiger partial charge in [-0.15, -0.1) is 24.8 Å². The number of carbonyl (C=O) groups is 1. The summed E-state index contributed by atoms with van der Waals surface area (Å²) in [5.41, 5.74) is 2.21. The van der Waals surface area contributed by atoms with Gasteiger partial charge in [0, 0.05) is 24.7 Å². The van der Waals surface area contributed by atoms with Crippen molar-refractivity contribution in [2.75, 3.05) is 25.5 Å². The van der Waals surface area contributed by atoms with Gasteiger partial charge in [0.15, 0.2) is 0 Å². The molecule has 1 saturated heterocycles. The lowest BCUT2D eigenvalue weighted by Gasteiger charge is -2.33. The van der Waals surface area contributed by atoms with Gasteiger partial charge in [0.25, 0.3) is 0 Å². The molecular formula is C18H31Cl2N3O. The van der Waals surface area contributed by atoms with Crippen LogP contribution in [-0.4, -0.2) is 37.0 Å². The number of benzene rings is 1. The van der Waals surface area contributed by atoms with E-state index in [-0.39, 0.29) is 30.7 Å². The molecule has 4 nitrogen and oxygen atoms in total. The van der Waals surface area contributed by atoms with Crippen LogP contribution in [-0.2, 0) is 11.3 Å². The fourth-order valence-corrected chi connectivity index (χ4v) is 2.97. The molecule has 0 radical (unpaired) electrons. The van der Waals surface area contributed by atoms with Crippen molar-refractivity contribution in [2.45, 2.75) is 51.6 Å². The summed E-state index contributed by atoms with van der Waals surface area (Å²) in [5.74, 6) is 0.0904. The minimum atomic E-state index is 0. The van der Waals surface area contributed by atoms with Crippen LogP contribution in [0.5, 0.6) is 0 Å². The molecule has 0 aliphatic carbocycles. The SMILES string of the molecule is CNCCCC(=O)Nc1ccc(CN2CCCCC2C)cc1.Cl.Cl. The molecule has 24 heavy (non-hydrogen) atoms. The first-order valence-corrected chi connectivity index (χ1v) is 8.46. The Morgan fingerprint density at radius 1 is 1.21 bits per heavy atom. The summed E-state index contributed by atoms with van der Waals surface area (Å²) in [7, 11) is 1.90. The zero-order valence-electron chi connectivity index (χ0n) is 14.7. The van der Waals surface area contributed by atoms with Gasteiger partial charge >= 0.3 is 0 Å². The minimum absolute atomic E-state index is 0. The van der Waals surface area contributed by atoms with Gasteiger partial charge in [0.05, 0.1) is 0 Å². The van der Waals surface area contributed by atoms with Gasteiger partial charge in [-0.1, -0.05) is 18.6 Å². The molecule has 2 N–H and O–H groups in total. The molecular weight excluding hydrogens is 345 g/mol. The van der Waals surface area contributed by atoms with Crippen LogP contribution in [0.3, 0.4) is 0 Å². The van der Waals surface area contributed by atoms with Crippen molar-refractivity contribution in [3.8, 4) is 0 Å². The average Bonchev–Trinajstić information content (AvgIpc) is 2.52. The van der Waals surface area contributed by atoms with E-state index >= 15 is 0 Å². The molecule has 1 atom stereocenters. The van der Waals surface area contributed by atoms with Crippen LogP contribution in [0.15, 0.2) is 24.3 Å². The number of anilines is 1. The predicted octanol–water partition coefficient (Wildman–Crippen LogP) is 3.84. The Morgan fingerprint density at radius 2 is 1.92 bits per heavy atom. The highest BCUT2D eigenvalue weighted by molar-refractivity contribution is 5.90. The van der Waals surface area contributed by atoms with Crippen molar-refractivity contribution in [2.24, 2.45) is 0 Å². The summed E-state index contributed by atoms with van der Waals surface area (Å²) < 4.78 is 0. The Labute approximate surface area is 158 Å². The Balaban J connectivity index is 0.00000264. The fourth-order valence-electron chi connectivity index (χ4n) is 2.97. The number of likely N-dealkylation sites (tertiary alicyclic amines) is 1. The molecule has 0 aromatic heterocycles. The number of nitrogens with one attached hydrogen (secondary N) is 2. The smallest absolute Gasteiger partial charge is 0.224 e. The number of rotatable bonds is 7. The molecule has 1 aromatic rings. The lowest BCUT2D eigenvalue weighted by molar-refractivity contribution is -0.116. The van der Waals surface area contributed by atoms with Gasteiger partial charge < -0.3 is 10.6 Å². The number of piperidine rings is 1. The third-order valence-corrected chi connectivity index (χ3v) is 4.39. The van der Waals surface area contributed by atoms with Gasteiger partial charge in [-0.25, -0.2) is 0 Å². The van der Waals surface area contributed by atoms with Crippen LogP contribution < -0.4 is 10.6 Å². The van der Waals surface area contributed by atoms with Crippen molar-refractivity contribution < 1.29 is 4.79 Å². The van der Waals surface area contributed by atoms with Crippen molar-refractivity contribution in [3.05, 3.63) is 29.8 Å². The molecule has 1 aromatic carbocycles. The van der Waals surface area contributed by atoms with E-state index < -0.39 is 0 Å². The summed E-state index contributed by atoms with van der Waals surface area (Å²) in [4.78, 5) is 14.3. The molecule has 1 heterocycles. The van der Waals surface area contributed by atoms with Gasteiger partial charge in [-0.3, -0.25) is 9.69 Å². The number of amides is 1. The maximum absolute atomic E-state index is 11.8. The van der Waals surface area contributed by atoms with E-state index in [2.05, 4.69) is 34.6 Å². The quantitative estimate of drug-likeness (QED) is 0.711. The van der Waals surface area contributed by atoms with Crippen molar-refractivity contribution in [3.63, 3.8) is 0 Å². The van der Waals surface area contributed by atoms with Crippen LogP contribution in [0.1, 0.15) is 44.6 Å². The highest BCUT2D eigenvalue weighted by Crippen LogP contribution is 2.20. The Bertz CT molecular complexity index is 468. The largest absolute Gasteiger partial charge is 0.326 e. The average molecular weight is 376 g/mol. The van der Waals surface area contributed by atoms with E-state index in [4.69, 9.17) is 0 Å². The molecule has 2 rings (SSSR count). The van der Waals surface area contributed by atoms with E-state index in [0.29, 0.717) is 12.5 Å². The first-order chi connectivity index (χ1) is 10.7. The van der Waals surface area contributed by atoms with Crippen LogP contribution in [0.4, 0.5) is 5.69 Å². The van der Waals surface area contributed by atoms with Gasteiger partial charge in [-0.2, -0.15) is 0 Å². The van der Waals surface area contributed by atoms with Gasteiger partial charge in [-0.05, 0) is 64.0 Å². The van der Waals surface area contributed by atoms with E-state index in [1.807, 2.05) is 19.2 Å². The second kappa shape index (κ2) is 12.5. The highest BCUT2D eigenvalue weighted by Gasteiger charge is 2.17. The summed E-state index contributed by atoms with van der Waals surface area (Å²) >= 11 is 0. The monoisotopic (exact) mass is 375 g/mol. The van der Waals surface area contributed by atoms with Gasteiger partial charge in [0.2, 0.25) is 5.91 Å². The van der Waals surface area contributed by atoms with Gasteiger partial charge in [0.1, 0.15) is 0 Å². The molecule has 1 unspecified atom stereocenters. The molecule has 1 aliphatic rings. The predicted molar refractivity (Wildman–Crippen MR) is 106 cm³/mol. The normalized spacial score (nSPS) is 17.5. The van der Waals surface area contributed by atoms with E-state index in [9.17, 15) is 4.79 Å². The zero-order valence-corrected chi connectivity index (χ0v) is 16.3. The lowest BCUT2D eigenvalue weighted by atomic mass is 10.0. The number of hydrogen-bond donors (Lipinski definition) is 2. The van der Waals surface area contributed by atoms with Crippen LogP contribution in [0.25, 0.3) is 0 Å². The van der Waals surface area contributed by atoms with E-state index in [1.54, 1.807) is 0 Å². The summed E-state index contributed by atoms with van der Waals surface area (Å²) in [6, 6.07) is 8.97. The zero-order chi connectivity index (χ0) is 15.8. The molecule has 1 aliphatic heterocycles. The molecule has 1 amide bonds. The standard InChI is InChI=1S/C18H29N3O.2ClH/c1-15-6-3-4-13-21(15)14-16-8-10-17(11-9-16)20-18(22)7-5-12-19-2;;/h8-11,15,19H,3-7,12-14H2,1-2H3,(H,20,22);2*1H. The molecule has 0 spiro atoms. The topological polar surface area (TPSA) is 44.4 Å². The van der Waals surface area contributed by atoms with Crippen molar-refractivity contribution in [1.29, 1.82) is 0 Å². The maximum atomic E-state index is 11.8. The summed E-state index contributed by atoms with van der Waals surface area (Å²) in [6.07, 6.45) is 5.41. The van der Waals surface area contributed by atoms with E-state index in [0.717, 1.165) is 25.2 Å². The Morgan fingerprint density at radius 3 is 2.54 bits per heavy atom. The first-order valence-electron chi connectivity index (χ1n) is 8.46. The minimum Gasteiger partial charge on any atom is -0.326 e. The molecule has 138 valence electrons. The van der Waals surface area contributed by atoms with Crippen molar-refractivity contribution >= 4 is 36.4 Å². The third-order valence-electron chi connectivity index (χ3n) is 4.39. The van der Waals surface area contributed by atoms with Crippen LogP contribution >= 0.6 is 24.8 Å². The molecule has 0 bridgehead atoms. The number of halogens is 2. The molecule has 0 saturated carbocycles. The number of carbonyl (C=O) groups excluding carboxylic acids is 1. The first kappa shape index (κ1) is 23.2. The molecule has 1 fully saturated rings. The second-order valence-electron chi connectivity index (χ2n) is 6.27. The Hall–Kier alpha value is -0.810.